The molecule has 0 radical (unpaired) electrons. The molecule has 3 aliphatic rings. The van der Waals surface area contributed by atoms with Crippen molar-refractivity contribution in [3.63, 3.8) is 0 Å². The van der Waals surface area contributed by atoms with Crippen LogP contribution in [-0.2, 0) is 16.0 Å². The maximum atomic E-state index is 13.7. The van der Waals surface area contributed by atoms with Crippen molar-refractivity contribution in [1.29, 1.82) is 0 Å². The smallest absolute Gasteiger partial charge is 0.387 e. The zero-order valence-electron chi connectivity index (χ0n) is 23.9. The molecule has 1 heterocycles. The lowest BCUT2D eigenvalue weighted by molar-refractivity contribution is -0.141. The molecule has 0 saturated heterocycles. The fourth-order valence-corrected chi connectivity index (χ4v) is 5.53. The Morgan fingerprint density at radius 1 is 1.00 bits per heavy atom. The maximum Gasteiger partial charge on any atom is 0.387 e. The summed E-state index contributed by atoms with van der Waals surface area (Å²) >= 11 is 0. The molecular weight excluding hydrogens is 542 g/mol. The van der Waals surface area contributed by atoms with Crippen LogP contribution in [0.2, 0.25) is 0 Å². The Balaban J connectivity index is 1.47. The van der Waals surface area contributed by atoms with Crippen LogP contribution >= 0.6 is 0 Å². The summed E-state index contributed by atoms with van der Waals surface area (Å²) in [6, 6.07) is 13.1. The summed E-state index contributed by atoms with van der Waals surface area (Å²) in [6.07, 6.45) is 11.6. The van der Waals surface area contributed by atoms with E-state index in [1.54, 1.807) is 25.3 Å². The number of hydrogen-bond donors (Lipinski definition) is 1. The molecule has 2 aromatic carbocycles. The molecule has 2 fully saturated rings. The first-order valence-electron chi connectivity index (χ1n) is 14.8. The molecule has 2 aromatic rings. The van der Waals surface area contributed by atoms with Crippen molar-refractivity contribution < 1.29 is 32.6 Å². The minimum atomic E-state index is -3.02. The molecule has 0 aromatic heterocycles. The van der Waals surface area contributed by atoms with Crippen molar-refractivity contribution in [2.24, 2.45) is 11.8 Å². The second-order valence-electron chi connectivity index (χ2n) is 11.3. The number of esters is 1. The maximum absolute atomic E-state index is 13.7. The first-order valence-corrected chi connectivity index (χ1v) is 14.8. The highest BCUT2D eigenvalue weighted by molar-refractivity contribution is 5.95. The highest BCUT2D eigenvalue weighted by atomic mass is 19.3. The predicted molar refractivity (Wildman–Crippen MR) is 154 cm³/mol. The van der Waals surface area contributed by atoms with Crippen molar-refractivity contribution in [2.45, 2.75) is 70.9 Å². The van der Waals surface area contributed by atoms with Crippen LogP contribution in [0.3, 0.4) is 0 Å². The monoisotopic (exact) mass is 580 g/mol. The minimum Gasteiger partial charge on any atom is -0.489 e. The Bertz CT molecular complexity index is 1300. The molecule has 2 amide bonds. The van der Waals surface area contributed by atoms with E-state index < -0.39 is 24.7 Å². The standard InChI is InChI=1S/C33H38F2N2O5/c1-22-29(31(38)41-21-24-11-6-3-7-12-24)30(37(33(39)36-22)18-8-13-23-9-4-2-5-10-23)26-16-17-27(42-32(34)35)28(19-26)40-20-25-14-15-25/h2,4-5,8-10,16-19,24-25,30,32H,3,6-7,11-15,20-21H2,1H3,(H,36,39)/b18-8+. The average molecular weight is 581 g/mol. The molecule has 0 spiro atoms. The molecule has 2 saturated carbocycles. The number of amides is 2. The molecule has 9 heteroatoms. The highest BCUT2D eigenvalue weighted by Crippen LogP contribution is 2.40. The molecule has 5 rings (SSSR count). The lowest BCUT2D eigenvalue weighted by Crippen LogP contribution is -2.46. The Morgan fingerprint density at radius 2 is 1.74 bits per heavy atom. The third-order valence-corrected chi connectivity index (χ3v) is 8.01. The summed E-state index contributed by atoms with van der Waals surface area (Å²) in [5.74, 6) is 0.223. The number of carbonyl (C=O) groups excluding carboxylic acids is 2. The number of rotatable bonds is 12. The molecule has 42 heavy (non-hydrogen) atoms. The van der Waals surface area contributed by atoms with E-state index in [4.69, 9.17) is 14.2 Å². The zero-order valence-corrected chi connectivity index (χ0v) is 23.9. The first-order chi connectivity index (χ1) is 20.4. The lowest BCUT2D eigenvalue weighted by atomic mass is 9.90. The van der Waals surface area contributed by atoms with Gasteiger partial charge in [-0.05, 0) is 74.1 Å². The number of allylic oxidation sites excluding steroid dienone is 2. The van der Waals surface area contributed by atoms with Crippen LogP contribution in [0.1, 0.15) is 69.0 Å². The summed E-state index contributed by atoms with van der Waals surface area (Å²) in [5.41, 5.74) is 2.25. The van der Waals surface area contributed by atoms with E-state index >= 15 is 0 Å². The van der Waals surface area contributed by atoms with E-state index in [1.165, 1.54) is 17.4 Å². The van der Waals surface area contributed by atoms with Gasteiger partial charge in [0.1, 0.15) is 0 Å². The number of alkyl halides is 2. The van der Waals surface area contributed by atoms with Crippen LogP contribution < -0.4 is 14.8 Å². The Labute approximate surface area is 245 Å². The molecule has 0 bridgehead atoms. The SMILES string of the molecule is CC1=C(C(=O)OCC2CCCCC2)C(c2ccc(OC(F)F)c(OCC3CC3)c2)N(/C=C/Cc2ccccc2)C(=O)N1. The van der Waals surface area contributed by atoms with Crippen LogP contribution in [0.5, 0.6) is 11.5 Å². The summed E-state index contributed by atoms with van der Waals surface area (Å²) in [7, 11) is 0. The number of benzene rings is 2. The summed E-state index contributed by atoms with van der Waals surface area (Å²) in [6.45, 7) is -0.660. The Kier molecular flexibility index (Phi) is 9.77. The fraction of sp³-hybridized carbons (Fsp3) is 0.455. The van der Waals surface area contributed by atoms with Gasteiger partial charge in [-0.3, -0.25) is 4.90 Å². The van der Waals surface area contributed by atoms with Crippen LogP contribution in [0.4, 0.5) is 13.6 Å². The average Bonchev–Trinajstić information content (AvgIpc) is 3.82. The number of halogens is 2. The molecule has 1 N–H and O–H groups in total. The summed E-state index contributed by atoms with van der Waals surface area (Å²) in [4.78, 5) is 28.5. The van der Waals surface area contributed by atoms with Crippen LogP contribution in [-0.4, -0.2) is 36.7 Å². The molecular formula is C33H38F2N2O5. The summed E-state index contributed by atoms with van der Waals surface area (Å²) in [5, 5.41) is 2.81. The second-order valence-corrected chi connectivity index (χ2v) is 11.3. The minimum absolute atomic E-state index is 0.0945. The van der Waals surface area contributed by atoms with Gasteiger partial charge in [-0.15, -0.1) is 0 Å². The van der Waals surface area contributed by atoms with Gasteiger partial charge in [0.05, 0.1) is 24.8 Å². The molecule has 7 nitrogen and oxygen atoms in total. The Morgan fingerprint density at radius 3 is 2.45 bits per heavy atom. The van der Waals surface area contributed by atoms with Crippen molar-refractivity contribution in [3.8, 4) is 11.5 Å². The number of urea groups is 1. The number of carbonyl (C=O) groups is 2. The van der Waals surface area contributed by atoms with Crippen LogP contribution in [0.25, 0.3) is 0 Å². The number of ether oxygens (including phenoxy) is 3. The van der Waals surface area contributed by atoms with Gasteiger partial charge in [0.25, 0.3) is 0 Å². The molecule has 2 aliphatic carbocycles. The van der Waals surface area contributed by atoms with Crippen LogP contribution in [0, 0.1) is 11.8 Å². The van der Waals surface area contributed by atoms with Gasteiger partial charge in [0.2, 0.25) is 0 Å². The quantitative estimate of drug-likeness (QED) is 0.267. The van der Waals surface area contributed by atoms with E-state index in [9.17, 15) is 18.4 Å². The molecule has 1 atom stereocenters. The van der Waals surface area contributed by atoms with Crippen molar-refractivity contribution >= 4 is 12.0 Å². The molecule has 1 aliphatic heterocycles. The zero-order chi connectivity index (χ0) is 29.5. The first kappa shape index (κ1) is 29.6. The van der Waals surface area contributed by atoms with E-state index in [0.717, 1.165) is 44.1 Å². The third-order valence-electron chi connectivity index (χ3n) is 8.01. The van der Waals surface area contributed by atoms with Gasteiger partial charge in [-0.25, -0.2) is 9.59 Å². The fourth-order valence-electron chi connectivity index (χ4n) is 5.53. The largest absolute Gasteiger partial charge is 0.489 e. The van der Waals surface area contributed by atoms with Gasteiger partial charge in [-0.1, -0.05) is 61.7 Å². The molecule has 224 valence electrons. The number of nitrogens with one attached hydrogen (secondary N) is 1. The van der Waals surface area contributed by atoms with E-state index in [-0.39, 0.29) is 17.1 Å². The van der Waals surface area contributed by atoms with E-state index in [0.29, 0.717) is 42.7 Å². The van der Waals surface area contributed by atoms with Crippen molar-refractivity contribution in [1.82, 2.24) is 10.2 Å². The van der Waals surface area contributed by atoms with Gasteiger partial charge in [0, 0.05) is 11.9 Å². The Hall–Kier alpha value is -3.88. The summed E-state index contributed by atoms with van der Waals surface area (Å²) < 4.78 is 42.9. The van der Waals surface area contributed by atoms with Gasteiger partial charge >= 0.3 is 18.6 Å². The predicted octanol–water partition coefficient (Wildman–Crippen LogP) is 7.30. The van der Waals surface area contributed by atoms with E-state index in [1.807, 2.05) is 36.4 Å². The number of hydrogen-bond acceptors (Lipinski definition) is 5. The lowest BCUT2D eigenvalue weighted by Gasteiger charge is -2.36. The van der Waals surface area contributed by atoms with Gasteiger partial charge in [0.15, 0.2) is 11.5 Å². The topological polar surface area (TPSA) is 77.1 Å². The highest BCUT2D eigenvalue weighted by Gasteiger charge is 2.38. The normalized spacial score (nSPS) is 19.8. The molecule has 1 unspecified atom stereocenters. The third kappa shape index (κ3) is 7.69. The van der Waals surface area contributed by atoms with Gasteiger partial charge in [-0.2, -0.15) is 8.78 Å². The van der Waals surface area contributed by atoms with Crippen molar-refractivity contribution in [2.75, 3.05) is 13.2 Å². The van der Waals surface area contributed by atoms with E-state index in [2.05, 4.69) is 5.32 Å². The van der Waals surface area contributed by atoms with Crippen LogP contribution in [0.15, 0.2) is 72.1 Å². The number of nitrogens with zero attached hydrogens (tertiary/aromatic N) is 1. The second kappa shape index (κ2) is 13.9. The van der Waals surface area contributed by atoms with Crippen molar-refractivity contribution in [3.05, 3.63) is 83.2 Å². The van der Waals surface area contributed by atoms with Gasteiger partial charge < -0.3 is 19.5 Å².